The molecular formula is C5H11ClN4. The number of aryl methyl sites for hydroxylation is 1. The molecule has 5 heteroatoms. The van der Waals surface area contributed by atoms with Crippen LogP contribution in [0.2, 0.25) is 0 Å². The van der Waals surface area contributed by atoms with Gasteiger partial charge in [0.25, 0.3) is 0 Å². The minimum Gasteiger partial charge on any atom is -0.321 e. The maximum absolute atomic E-state index is 5.48. The van der Waals surface area contributed by atoms with Gasteiger partial charge >= 0.3 is 0 Å². The largest absolute Gasteiger partial charge is 0.321 e. The van der Waals surface area contributed by atoms with Crippen LogP contribution in [0, 0.1) is 6.92 Å². The first kappa shape index (κ1) is 9.39. The second-order valence-corrected chi connectivity index (χ2v) is 2.07. The molecule has 3 N–H and O–H groups in total. The lowest BCUT2D eigenvalue weighted by Gasteiger charge is -1.93. The van der Waals surface area contributed by atoms with Gasteiger partial charge in [0.1, 0.15) is 5.82 Å². The molecule has 1 heterocycles. The van der Waals surface area contributed by atoms with Crippen molar-refractivity contribution in [3.05, 3.63) is 11.6 Å². The summed E-state index contributed by atoms with van der Waals surface area (Å²) in [6, 6.07) is -0.0741. The number of aromatic nitrogens is 3. The number of nitrogens with zero attached hydrogens (tertiary/aromatic N) is 2. The van der Waals surface area contributed by atoms with Crippen LogP contribution in [0.4, 0.5) is 0 Å². The highest BCUT2D eigenvalue weighted by atomic mass is 35.5. The van der Waals surface area contributed by atoms with Crippen LogP contribution in [0.1, 0.15) is 24.6 Å². The Morgan fingerprint density at radius 3 is 2.40 bits per heavy atom. The molecular weight excluding hydrogens is 152 g/mol. The van der Waals surface area contributed by atoms with E-state index in [1.54, 1.807) is 0 Å². The van der Waals surface area contributed by atoms with Crippen molar-refractivity contribution in [2.24, 2.45) is 5.73 Å². The van der Waals surface area contributed by atoms with Crippen LogP contribution in [0.5, 0.6) is 0 Å². The fraction of sp³-hybridized carbons (Fsp3) is 0.600. The van der Waals surface area contributed by atoms with Crippen molar-refractivity contribution >= 4 is 12.4 Å². The van der Waals surface area contributed by atoms with E-state index < -0.39 is 0 Å². The van der Waals surface area contributed by atoms with Gasteiger partial charge in [0.05, 0.1) is 6.04 Å². The topological polar surface area (TPSA) is 67.6 Å². The smallest absolute Gasteiger partial charge is 0.167 e. The zero-order valence-electron chi connectivity index (χ0n) is 5.96. The fourth-order valence-corrected chi connectivity index (χ4v) is 0.564. The summed E-state index contributed by atoms with van der Waals surface area (Å²) in [6.07, 6.45) is 0. The van der Waals surface area contributed by atoms with Gasteiger partial charge in [-0.2, -0.15) is 5.10 Å². The summed E-state index contributed by atoms with van der Waals surface area (Å²) in [4.78, 5) is 4.02. The van der Waals surface area contributed by atoms with Gasteiger partial charge in [0, 0.05) is 0 Å². The zero-order chi connectivity index (χ0) is 6.85. The molecule has 1 unspecified atom stereocenters. The van der Waals surface area contributed by atoms with Gasteiger partial charge in [0.15, 0.2) is 5.82 Å². The summed E-state index contributed by atoms with van der Waals surface area (Å²) < 4.78 is 0. The Morgan fingerprint density at radius 2 is 2.20 bits per heavy atom. The van der Waals surface area contributed by atoms with E-state index in [0.717, 1.165) is 5.82 Å². The first-order valence-corrected chi connectivity index (χ1v) is 2.84. The molecule has 0 saturated carbocycles. The van der Waals surface area contributed by atoms with Gasteiger partial charge in [-0.3, -0.25) is 5.10 Å². The number of nitrogens with one attached hydrogen (secondary N) is 1. The monoisotopic (exact) mass is 162 g/mol. The Morgan fingerprint density at radius 1 is 1.60 bits per heavy atom. The number of H-pyrrole nitrogens is 1. The van der Waals surface area contributed by atoms with E-state index in [4.69, 9.17) is 5.73 Å². The van der Waals surface area contributed by atoms with E-state index in [9.17, 15) is 0 Å². The number of rotatable bonds is 1. The van der Waals surface area contributed by atoms with E-state index in [0.29, 0.717) is 5.82 Å². The molecule has 58 valence electrons. The molecule has 1 atom stereocenters. The summed E-state index contributed by atoms with van der Waals surface area (Å²) in [5.41, 5.74) is 5.48. The minimum atomic E-state index is -0.0741. The van der Waals surface area contributed by atoms with E-state index in [1.165, 1.54) is 0 Å². The molecule has 0 aliphatic carbocycles. The van der Waals surface area contributed by atoms with Gasteiger partial charge in [-0.05, 0) is 13.8 Å². The Balaban J connectivity index is 0.000000810. The summed E-state index contributed by atoms with van der Waals surface area (Å²) in [7, 11) is 0. The van der Waals surface area contributed by atoms with Crippen LogP contribution in [-0.2, 0) is 0 Å². The average molecular weight is 163 g/mol. The highest BCUT2D eigenvalue weighted by Crippen LogP contribution is 1.99. The Bertz CT molecular complexity index is 195. The van der Waals surface area contributed by atoms with Crippen molar-refractivity contribution in [3.63, 3.8) is 0 Å². The predicted octanol–water partition coefficient (Wildman–Crippen LogP) is 0.555. The number of hydrogen-bond acceptors (Lipinski definition) is 3. The summed E-state index contributed by atoms with van der Waals surface area (Å²) in [5, 5.41) is 6.56. The molecule has 0 radical (unpaired) electrons. The lowest BCUT2D eigenvalue weighted by Crippen LogP contribution is -2.06. The summed E-state index contributed by atoms with van der Waals surface area (Å²) >= 11 is 0. The molecule has 0 aliphatic heterocycles. The van der Waals surface area contributed by atoms with Gasteiger partial charge in [-0.25, -0.2) is 4.98 Å². The molecule has 4 nitrogen and oxygen atoms in total. The average Bonchev–Trinajstić information content (AvgIpc) is 2.14. The van der Waals surface area contributed by atoms with Crippen LogP contribution in [-0.4, -0.2) is 15.2 Å². The highest BCUT2D eigenvalue weighted by Gasteiger charge is 2.02. The lowest BCUT2D eigenvalue weighted by atomic mass is 10.3. The molecule has 1 aromatic heterocycles. The standard InChI is InChI=1S/C5H10N4.ClH/c1-3(6)5-7-4(2)8-9-5;/h3H,6H2,1-2H3,(H,7,8,9);1H. The molecule has 0 spiro atoms. The van der Waals surface area contributed by atoms with E-state index >= 15 is 0 Å². The first-order chi connectivity index (χ1) is 4.20. The molecule has 0 aliphatic rings. The van der Waals surface area contributed by atoms with E-state index in [2.05, 4.69) is 15.2 Å². The SMILES string of the molecule is Cc1nc(C(C)N)n[nH]1.Cl. The van der Waals surface area contributed by atoms with Crippen molar-refractivity contribution < 1.29 is 0 Å². The second-order valence-electron chi connectivity index (χ2n) is 2.07. The third kappa shape index (κ3) is 1.97. The van der Waals surface area contributed by atoms with Crippen molar-refractivity contribution in [1.29, 1.82) is 0 Å². The van der Waals surface area contributed by atoms with E-state index in [1.807, 2.05) is 13.8 Å². The second kappa shape index (κ2) is 3.53. The van der Waals surface area contributed by atoms with Crippen molar-refractivity contribution in [2.75, 3.05) is 0 Å². The lowest BCUT2D eigenvalue weighted by molar-refractivity contribution is 0.745. The molecule has 0 bridgehead atoms. The molecule has 1 rings (SSSR count). The third-order valence-electron chi connectivity index (χ3n) is 1.02. The molecule has 10 heavy (non-hydrogen) atoms. The van der Waals surface area contributed by atoms with Gasteiger partial charge in [0.2, 0.25) is 0 Å². The molecule has 1 aromatic rings. The molecule has 0 fully saturated rings. The van der Waals surface area contributed by atoms with Crippen LogP contribution >= 0.6 is 12.4 Å². The zero-order valence-corrected chi connectivity index (χ0v) is 6.77. The maximum atomic E-state index is 5.48. The number of hydrogen-bond donors (Lipinski definition) is 2. The highest BCUT2D eigenvalue weighted by molar-refractivity contribution is 5.85. The molecule has 0 aromatic carbocycles. The van der Waals surface area contributed by atoms with E-state index in [-0.39, 0.29) is 18.4 Å². The summed E-state index contributed by atoms with van der Waals surface area (Å²) in [5.74, 6) is 1.48. The van der Waals surface area contributed by atoms with Gasteiger partial charge in [-0.15, -0.1) is 12.4 Å². The Hall–Kier alpha value is -0.610. The number of nitrogens with two attached hydrogens (primary N) is 1. The molecule has 0 amide bonds. The Kier molecular flexibility index (Phi) is 3.32. The van der Waals surface area contributed by atoms with Gasteiger partial charge < -0.3 is 5.73 Å². The van der Waals surface area contributed by atoms with Crippen LogP contribution in [0.25, 0.3) is 0 Å². The van der Waals surface area contributed by atoms with Crippen molar-refractivity contribution in [2.45, 2.75) is 19.9 Å². The normalized spacial score (nSPS) is 12.3. The maximum Gasteiger partial charge on any atom is 0.167 e. The number of aromatic amines is 1. The quantitative estimate of drug-likeness (QED) is 0.634. The first-order valence-electron chi connectivity index (χ1n) is 2.84. The summed E-state index contributed by atoms with van der Waals surface area (Å²) in [6.45, 7) is 3.70. The van der Waals surface area contributed by atoms with Gasteiger partial charge in [-0.1, -0.05) is 0 Å². The third-order valence-corrected chi connectivity index (χ3v) is 1.02. The minimum absolute atomic E-state index is 0. The van der Waals surface area contributed by atoms with Crippen molar-refractivity contribution in [3.8, 4) is 0 Å². The van der Waals surface area contributed by atoms with Crippen LogP contribution < -0.4 is 5.73 Å². The molecule has 0 saturated heterocycles. The fourth-order valence-electron chi connectivity index (χ4n) is 0.564. The predicted molar refractivity (Wildman–Crippen MR) is 41.0 cm³/mol. The Labute approximate surface area is 65.6 Å². The van der Waals surface area contributed by atoms with Crippen molar-refractivity contribution in [1.82, 2.24) is 15.2 Å². The van der Waals surface area contributed by atoms with Crippen LogP contribution in [0.15, 0.2) is 0 Å². The number of halogens is 1. The van der Waals surface area contributed by atoms with Crippen LogP contribution in [0.3, 0.4) is 0 Å².